The van der Waals surface area contributed by atoms with E-state index in [1.54, 1.807) is 16.4 Å². The highest BCUT2D eigenvalue weighted by Crippen LogP contribution is 2.38. The first-order valence-corrected chi connectivity index (χ1v) is 11.7. The fourth-order valence-corrected chi connectivity index (χ4v) is 5.32. The largest absolute Gasteiger partial charge is 0.485 e. The lowest BCUT2D eigenvalue weighted by atomic mass is 10.0. The van der Waals surface area contributed by atoms with Gasteiger partial charge in [-0.25, -0.2) is 4.68 Å². The second kappa shape index (κ2) is 8.20. The zero-order valence-corrected chi connectivity index (χ0v) is 19.9. The maximum atomic E-state index is 13.4. The predicted octanol–water partition coefficient (Wildman–Crippen LogP) is 4.60. The lowest BCUT2D eigenvalue weighted by Crippen LogP contribution is -2.33. The molecule has 2 aliphatic heterocycles. The van der Waals surface area contributed by atoms with E-state index in [0.29, 0.717) is 14.9 Å². The molecule has 8 heteroatoms. The van der Waals surface area contributed by atoms with Crippen molar-refractivity contribution in [2.75, 3.05) is 4.90 Å². The highest BCUT2D eigenvalue weighted by atomic mass is 32.2. The number of amides is 1. The summed E-state index contributed by atoms with van der Waals surface area (Å²) in [5.74, 6) is 0.513. The first-order valence-electron chi connectivity index (χ1n) is 10.5. The second-order valence-electron chi connectivity index (χ2n) is 7.87. The van der Waals surface area contributed by atoms with Gasteiger partial charge in [-0.15, -0.1) is 0 Å². The van der Waals surface area contributed by atoms with Gasteiger partial charge in [0.05, 0.1) is 16.3 Å². The van der Waals surface area contributed by atoms with Gasteiger partial charge in [0.15, 0.2) is 4.32 Å². The number of ether oxygens (including phenoxy) is 1. The third-order valence-corrected chi connectivity index (χ3v) is 7.16. The van der Waals surface area contributed by atoms with Crippen LogP contribution in [0.1, 0.15) is 18.2 Å². The number of hydrogen-bond donors (Lipinski definition) is 0. The van der Waals surface area contributed by atoms with Gasteiger partial charge in [-0.05, 0) is 49.8 Å². The minimum Gasteiger partial charge on any atom is -0.485 e. The van der Waals surface area contributed by atoms with Crippen molar-refractivity contribution in [2.24, 2.45) is 7.05 Å². The van der Waals surface area contributed by atoms with Gasteiger partial charge in [-0.3, -0.25) is 19.2 Å². The molecule has 0 bridgehead atoms. The molecule has 1 atom stereocenters. The van der Waals surface area contributed by atoms with Crippen LogP contribution in [0.2, 0.25) is 0 Å². The lowest BCUT2D eigenvalue weighted by Gasteiger charge is -2.23. The van der Waals surface area contributed by atoms with Crippen molar-refractivity contribution in [1.29, 1.82) is 0 Å². The number of para-hydroxylation sites is 2. The van der Waals surface area contributed by atoms with E-state index < -0.39 is 0 Å². The third kappa shape index (κ3) is 3.55. The molecular weight excluding hydrogens is 454 g/mol. The van der Waals surface area contributed by atoms with Crippen LogP contribution < -0.4 is 15.2 Å². The van der Waals surface area contributed by atoms with E-state index in [2.05, 4.69) is 0 Å². The number of benzene rings is 2. The topological polar surface area (TPSA) is 56.5 Å². The molecule has 5 rings (SSSR count). The van der Waals surface area contributed by atoms with Crippen LogP contribution >= 0.6 is 24.0 Å². The van der Waals surface area contributed by atoms with E-state index in [-0.39, 0.29) is 23.3 Å². The van der Waals surface area contributed by atoms with Gasteiger partial charge < -0.3 is 4.74 Å². The Morgan fingerprint density at radius 3 is 2.52 bits per heavy atom. The normalized spacial score (nSPS) is 19.0. The summed E-state index contributed by atoms with van der Waals surface area (Å²) >= 11 is 6.74. The van der Waals surface area contributed by atoms with Gasteiger partial charge >= 0.3 is 0 Å². The molecule has 3 heterocycles. The monoisotopic (exact) mass is 475 g/mol. The number of thioether (sulfide) groups is 1. The van der Waals surface area contributed by atoms with Crippen molar-refractivity contribution in [3.8, 4) is 11.4 Å². The maximum Gasteiger partial charge on any atom is 0.296 e. The first kappa shape index (κ1) is 21.5. The minimum atomic E-state index is -0.303. The van der Waals surface area contributed by atoms with Crippen molar-refractivity contribution in [1.82, 2.24) is 9.36 Å². The Morgan fingerprint density at radius 2 is 1.76 bits per heavy atom. The second-order valence-corrected chi connectivity index (χ2v) is 9.55. The Hall–Kier alpha value is -3.36. The molecule has 0 N–H and O–H groups in total. The highest BCUT2D eigenvalue weighted by molar-refractivity contribution is 8.27. The average molecular weight is 476 g/mol. The smallest absolute Gasteiger partial charge is 0.296 e. The van der Waals surface area contributed by atoms with E-state index in [0.717, 1.165) is 22.6 Å². The Balaban J connectivity index is 1.55. The van der Waals surface area contributed by atoms with Crippen molar-refractivity contribution >= 4 is 46.0 Å². The molecule has 0 aliphatic carbocycles. The van der Waals surface area contributed by atoms with Gasteiger partial charge in [0.25, 0.3) is 11.5 Å². The molecule has 33 heavy (non-hydrogen) atoms. The molecule has 0 spiro atoms. The molecule has 2 aromatic carbocycles. The quantitative estimate of drug-likeness (QED) is 0.409. The van der Waals surface area contributed by atoms with Gasteiger partial charge in [0.1, 0.15) is 17.5 Å². The number of rotatable bonds is 3. The fraction of sp³-hybridized carbons (Fsp3) is 0.160. The van der Waals surface area contributed by atoms with Crippen LogP contribution in [0.5, 0.6) is 5.75 Å². The van der Waals surface area contributed by atoms with E-state index in [4.69, 9.17) is 17.0 Å². The zero-order valence-electron chi connectivity index (χ0n) is 18.3. The van der Waals surface area contributed by atoms with E-state index in [1.807, 2.05) is 80.6 Å². The summed E-state index contributed by atoms with van der Waals surface area (Å²) in [4.78, 5) is 28.7. The summed E-state index contributed by atoms with van der Waals surface area (Å²) in [6, 6.07) is 17.1. The Bertz CT molecular complexity index is 1420. The van der Waals surface area contributed by atoms with Crippen molar-refractivity contribution in [3.05, 3.63) is 92.8 Å². The van der Waals surface area contributed by atoms with Crippen LogP contribution in [-0.2, 0) is 11.8 Å². The summed E-state index contributed by atoms with van der Waals surface area (Å²) in [7, 11) is 1.80. The van der Waals surface area contributed by atoms with Crippen molar-refractivity contribution < 1.29 is 9.53 Å². The van der Waals surface area contributed by atoms with Gasteiger partial charge in [0, 0.05) is 12.6 Å². The van der Waals surface area contributed by atoms with E-state index in [1.165, 1.54) is 16.7 Å². The molecule has 1 amide bonds. The third-order valence-electron chi connectivity index (χ3n) is 5.85. The van der Waals surface area contributed by atoms with Crippen LogP contribution in [0, 0.1) is 6.92 Å². The molecular formula is C25H21N3O3S2. The molecule has 1 fully saturated rings. The highest BCUT2D eigenvalue weighted by Gasteiger charge is 2.38. The number of hydrogen-bond acceptors (Lipinski definition) is 5. The number of anilines is 1. The summed E-state index contributed by atoms with van der Waals surface area (Å²) < 4.78 is 9.62. The number of carbonyl (C=O) groups excluding carboxylic acids is 1. The molecule has 3 aromatic rings. The number of carbonyl (C=O) groups is 1. The van der Waals surface area contributed by atoms with Crippen LogP contribution in [0.3, 0.4) is 0 Å². The predicted molar refractivity (Wildman–Crippen MR) is 136 cm³/mol. The standard InChI is InChI=1S/C25H21N3O3S2/c1-15-22(24(30)28(26(15)3)19-10-5-4-6-11-19)27-23(29)21(33-25(27)32)14-18-13-17-9-7-8-12-20(17)31-16(18)2/h4-14,16H,1-3H3. The molecule has 0 saturated carbocycles. The number of aromatic nitrogens is 2. The molecule has 1 aromatic heterocycles. The number of fused-ring (bicyclic) bond motifs is 1. The van der Waals surface area contributed by atoms with Crippen LogP contribution in [-0.4, -0.2) is 25.7 Å². The van der Waals surface area contributed by atoms with Crippen molar-refractivity contribution in [3.63, 3.8) is 0 Å². The Kier molecular flexibility index (Phi) is 5.34. The average Bonchev–Trinajstić information content (AvgIpc) is 3.20. The van der Waals surface area contributed by atoms with Crippen LogP contribution in [0.15, 0.2) is 75.9 Å². The lowest BCUT2D eigenvalue weighted by molar-refractivity contribution is -0.113. The summed E-state index contributed by atoms with van der Waals surface area (Å²) in [5, 5.41) is 0. The van der Waals surface area contributed by atoms with Gasteiger partial charge in [0.2, 0.25) is 0 Å². The zero-order chi connectivity index (χ0) is 23.3. The summed E-state index contributed by atoms with van der Waals surface area (Å²) in [5.41, 5.74) is 3.20. The van der Waals surface area contributed by atoms with Crippen LogP contribution in [0.4, 0.5) is 5.69 Å². The van der Waals surface area contributed by atoms with E-state index >= 15 is 0 Å². The van der Waals surface area contributed by atoms with Crippen molar-refractivity contribution in [2.45, 2.75) is 20.0 Å². The molecule has 6 nitrogen and oxygen atoms in total. The van der Waals surface area contributed by atoms with Gasteiger partial charge in [-0.1, -0.05) is 60.4 Å². The van der Waals surface area contributed by atoms with Crippen LogP contribution in [0.25, 0.3) is 11.8 Å². The Morgan fingerprint density at radius 1 is 1.06 bits per heavy atom. The summed E-state index contributed by atoms with van der Waals surface area (Å²) in [6.07, 6.45) is 3.62. The molecule has 2 aliphatic rings. The molecule has 1 unspecified atom stereocenters. The SMILES string of the molecule is Cc1c(N2C(=O)C(=CC3=Cc4ccccc4OC3C)SC2=S)c(=O)n(-c2ccccc2)n1C. The minimum absolute atomic E-state index is 0.211. The molecule has 0 radical (unpaired) electrons. The molecule has 166 valence electrons. The summed E-state index contributed by atoms with van der Waals surface area (Å²) in [6.45, 7) is 3.76. The number of thiocarbonyl (C=S) groups is 1. The Labute approximate surface area is 200 Å². The number of nitrogens with zero attached hydrogens (tertiary/aromatic N) is 3. The van der Waals surface area contributed by atoms with E-state index in [9.17, 15) is 9.59 Å². The molecule has 1 saturated heterocycles. The fourth-order valence-electron chi connectivity index (χ4n) is 4.05. The maximum absolute atomic E-state index is 13.4. The van der Waals surface area contributed by atoms with Gasteiger partial charge in [-0.2, -0.15) is 0 Å². The first-order chi connectivity index (χ1) is 15.9.